The number of nitrogen functional groups attached to an aromatic ring is 1. The van der Waals surface area contributed by atoms with Gasteiger partial charge in [0, 0.05) is 6.54 Å². The number of unbranched alkanes of at least 4 members (excludes halogenated alkanes) is 1. The molecule has 1 heterocycles. The van der Waals surface area contributed by atoms with Crippen molar-refractivity contribution in [2.45, 2.75) is 40.0 Å². The summed E-state index contributed by atoms with van der Waals surface area (Å²) in [4.78, 5) is 8.14. The van der Waals surface area contributed by atoms with Crippen LogP contribution in [-0.2, 0) is 0 Å². The molecule has 0 saturated heterocycles. The number of nitrogens with one attached hydrogen (secondary N) is 1. The third kappa shape index (κ3) is 5.21. The first-order chi connectivity index (χ1) is 8.63. The Morgan fingerprint density at radius 2 is 2.22 bits per heavy atom. The molecule has 1 aromatic heterocycles. The van der Waals surface area contributed by atoms with E-state index in [2.05, 4.69) is 36.1 Å². The summed E-state index contributed by atoms with van der Waals surface area (Å²) < 4.78 is 5.69. The van der Waals surface area contributed by atoms with Crippen LogP contribution in [0.3, 0.4) is 0 Å². The minimum atomic E-state index is 0.269. The molecule has 18 heavy (non-hydrogen) atoms. The quantitative estimate of drug-likeness (QED) is 0.696. The van der Waals surface area contributed by atoms with Crippen molar-refractivity contribution in [3.63, 3.8) is 0 Å². The van der Waals surface area contributed by atoms with Crippen LogP contribution in [0.25, 0.3) is 0 Å². The summed E-state index contributed by atoms with van der Waals surface area (Å²) in [6.07, 6.45) is 4.88. The van der Waals surface area contributed by atoms with Crippen molar-refractivity contribution >= 4 is 11.8 Å². The third-order valence-electron chi connectivity index (χ3n) is 2.55. The molecule has 1 aromatic rings. The minimum Gasteiger partial charge on any atom is -0.488 e. The maximum Gasteiger partial charge on any atom is 0.222 e. The van der Waals surface area contributed by atoms with Gasteiger partial charge in [0.1, 0.15) is 0 Å². The second-order valence-corrected chi connectivity index (χ2v) is 4.75. The lowest BCUT2D eigenvalue weighted by molar-refractivity contribution is 0.289. The monoisotopic (exact) mass is 252 g/mol. The summed E-state index contributed by atoms with van der Waals surface area (Å²) in [6, 6.07) is 0. The molecule has 3 N–H and O–H groups in total. The van der Waals surface area contributed by atoms with Gasteiger partial charge in [0.2, 0.25) is 5.95 Å². The molecule has 0 aromatic carbocycles. The van der Waals surface area contributed by atoms with Crippen LogP contribution in [0.2, 0.25) is 0 Å². The van der Waals surface area contributed by atoms with Crippen LogP contribution in [0.1, 0.15) is 40.0 Å². The Kier molecular flexibility index (Phi) is 6.25. The molecule has 102 valence electrons. The normalized spacial score (nSPS) is 10.7. The predicted octanol–water partition coefficient (Wildman–Crippen LogP) is 2.70. The van der Waals surface area contributed by atoms with E-state index in [0.29, 0.717) is 24.1 Å². The van der Waals surface area contributed by atoms with E-state index in [1.807, 2.05) is 0 Å². The number of hydrogen-bond donors (Lipinski definition) is 2. The molecule has 0 amide bonds. The summed E-state index contributed by atoms with van der Waals surface area (Å²) in [6.45, 7) is 8.03. The Balaban J connectivity index is 2.58. The molecule has 0 aliphatic rings. The van der Waals surface area contributed by atoms with Crippen LogP contribution in [0.15, 0.2) is 6.20 Å². The molecule has 0 radical (unpaired) electrons. The highest BCUT2D eigenvalue weighted by atomic mass is 16.5. The zero-order valence-corrected chi connectivity index (χ0v) is 11.6. The first-order valence-corrected chi connectivity index (χ1v) is 6.62. The third-order valence-corrected chi connectivity index (χ3v) is 2.55. The van der Waals surface area contributed by atoms with E-state index in [1.54, 1.807) is 6.20 Å². The first kappa shape index (κ1) is 14.5. The number of nitrogens with two attached hydrogens (primary N) is 1. The standard InChI is InChI=1S/C13H24N4O/c1-4-5-7-15-12-11(9-16-13(14)17-12)18-8-6-10(2)3/h9-10H,4-8H2,1-3H3,(H3,14,15,16,17). The van der Waals surface area contributed by atoms with Crippen molar-refractivity contribution in [3.8, 4) is 5.75 Å². The average molecular weight is 252 g/mol. The number of anilines is 2. The van der Waals surface area contributed by atoms with Crippen molar-refractivity contribution in [2.75, 3.05) is 24.2 Å². The maximum atomic E-state index is 5.69. The fourth-order valence-electron chi connectivity index (χ4n) is 1.40. The molecule has 0 atom stereocenters. The van der Waals surface area contributed by atoms with Gasteiger partial charge in [0.25, 0.3) is 0 Å². The van der Waals surface area contributed by atoms with E-state index in [4.69, 9.17) is 10.5 Å². The smallest absolute Gasteiger partial charge is 0.222 e. The number of rotatable bonds is 8. The van der Waals surface area contributed by atoms with Gasteiger partial charge < -0.3 is 15.8 Å². The van der Waals surface area contributed by atoms with Gasteiger partial charge in [-0.2, -0.15) is 4.98 Å². The highest BCUT2D eigenvalue weighted by Gasteiger charge is 2.07. The number of ether oxygens (including phenoxy) is 1. The Morgan fingerprint density at radius 3 is 2.89 bits per heavy atom. The zero-order chi connectivity index (χ0) is 13.4. The Morgan fingerprint density at radius 1 is 1.44 bits per heavy atom. The Hall–Kier alpha value is -1.52. The summed E-state index contributed by atoms with van der Waals surface area (Å²) in [7, 11) is 0. The molecule has 5 heteroatoms. The fourth-order valence-corrected chi connectivity index (χ4v) is 1.40. The molecule has 5 nitrogen and oxygen atoms in total. The summed E-state index contributed by atoms with van der Waals surface area (Å²) in [5.41, 5.74) is 5.59. The largest absolute Gasteiger partial charge is 0.488 e. The number of hydrogen-bond acceptors (Lipinski definition) is 5. The van der Waals surface area contributed by atoms with Crippen molar-refractivity contribution < 1.29 is 4.74 Å². The lowest BCUT2D eigenvalue weighted by Gasteiger charge is -2.12. The molecule has 0 fully saturated rings. The molecule has 0 unspecified atom stereocenters. The number of nitrogens with zero attached hydrogens (tertiary/aromatic N) is 2. The second kappa shape index (κ2) is 7.74. The van der Waals surface area contributed by atoms with Gasteiger partial charge in [-0.15, -0.1) is 0 Å². The highest BCUT2D eigenvalue weighted by Crippen LogP contribution is 2.22. The van der Waals surface area contributed by atoms with Crippen LogP contribution >= 0.6 is 0 Å². The SMILES string of the molecule is CCCCNc1nc(N)ncc1OCCC(C)C. The summed E-state index contributed by atoms with van der Waals surface area (Å²) >= 11 is 0. The first-order valence-electron chi connectivity index (χ1n) is 6.62. The van der Waals surface area contributed by atoms with Gasteiger partial charge in [-0.25, -0.2) is 4.98 Å². The van der Waals surface area contributed by atoms with E-state index in [0.717, 1.165) is 25.8 Å². The molecule has 1 rings (SSSR count). The Labute approximate surface area is 109 Å². The lowest BCUT2D eigenvalue weighted by Crippen LogP contribution is -2.09. The summed E-state index contributed by atoms with van der Waals surface area (Å²) in [5.74, 6) is 2.27. The van der Waals surface area contributed by atoms with Crippen LogP contribution in [0.5, 0.6) is 5.75 Å². The van der Waals surface area contributed by atoms with Gasteiger partial charge in [-0.05, 0) is 18.8 Å². The van der Waals surface area contributed by atoms with Gasteiger partial charge in [-0.3, -0.25) is 0 Å². The van der Waals surface area contributed by atoms with Gasteiger partial charge in [0.05, 0.1) is 12.8 Å². The van der Waals surface area contributed by atoms with E-state index >= 15 is 0 Å². The topological polar surface area (TPSA) is 73.1 Å². The van der Waals surface area contributed by atoms with E-state index < -0.39 is 0 Å². The molecule has 0 aliphatic heterocycles. The fraction of sp³-hybridized carbons (Fsp3) is 0.692. The van der Waals surface area contributed by atoms with Gasteiger partial charge in [0.15, 0.2) is 11.6 Å². The maximum absolute atomic E-state index is 5.69. The number of aromatic nitrogens is 2. The van der Waals surface area contributed by atoms with Crippen LogP contribution in [0.4, 0.5) is 11.8 Å². The van der Waals surface area contributed by atoms with E-state index in [-0.39, 0.29) is 5.95 Å². The van der Waals surface area contributed by atoms with Crippen LogP contribution < -0.4 is 15.8 Å². The van der Waals surface area contributed by atoms with Crippen molar-refractivity contribution in [2.24, 2.45) is 5.92 Å². The predicted molar refractivity (Wildman–Crippen MR) is 74.8 cm³/mol. The average Bonchev–Trinajstić information content (AvgIpc) is 2.32. The molecule has 0 bridgehead atoms. The van der Waals surface area contributed by atoms with Gasteiger partial charge in [-0.1, -0.05) is 27.2 Å². The van der Waals surface area contributed by atoms with Crippen molar-refractivity contribution in [3.05, 3.63) is 6.20 Å². The van der Waals surface area contributed by atoms with E-state index in [1.165, 1.54) is 0 Å². The Bertz CT molecular complexity index is 355. The summed E-state index contributed by atoms with van der Waals surface area (Å²) in [5, 5.41) is 3.24. The van der Waals surface area contributed by atoms with Crippen LogP contribution in [-0.4, -0.2) is 23.1 Å². The second-order valence-electron chi connectivity index (χ2n) is 4.75. The molecule has 0 aliphatic carbocycles. The minimum absolute atomic E-state index is 0.269. The van der Waals surface area contributed by atoms with Gasteiger partial charge >= 0.3 is 0 Å². The highest BCUT2D eigenvalue weighted by molar-refractivity contribution is 5.51. The zero-order valence-electron chi connectivity index (χ0n) is 11.6. The molecular formula is C13H24N4O. The molecule has 0 saturated carbocycles. The molecule has 0 spiro atoms. The van der Waals surface area contributed by atoms with Crippen LogP contribution in [0, 0.1) is 5.92 Å². The lowest BCUT2D eigenvalue weighted by atomic mass is 10.1. The molecular weight excluding hydrogens is 228 g/mol. The van der Waals surface area contributed by atoms with E-state index in [9.17, 15) is 0 Å². The van der Waals surface area contributed by atoms with Crippen molar-refractivity contribution in [1.29, 1.82) is 0 Å². The van der Waals surface area contributed by atoms with Crippen molar-refractivity contribution in [1.82, 2.24) is 9.97 Å².